The van der Waals surface area contributed by atoms with Gasteiger partial charge in [-0.2, -0.15) is 0 Å². The van der Waals surface area contributed by atoms with Gasteiger partial charge in [-0.15, -0.1) is 0 Å². The number of furan rings is 1. The monoisotopic (exact) mass is 789 g/mol. The van der Waals surface area contributed by atoms with E-state index in [-0.39, 0.29) is 0 Å². The Kier molecular flexibility index (Phi) is 7.07. The molecule has 0 radical (unpaired) electrons. The van der Waals surface area contributed by atoms with Crippen LogP contribution in [0.15, 0.2) is 205 Å². The van der Waals surface area contributed by atoms with Crippen molar-refractivity contribution in [3.05, 3.63) is 200 Å². The van der Waals surface area contributed by atoms with Gasteiger partial charge in [0.1, 0.15) is 0 Å². The van der Waals surface area contributed by atoms with Gasteiger partial charge in [0.05, 0.1) is 0 Å². The van der Waals surface area contributed by atoms with Crippen LogP contribution in [0.1, 0.15) is 0 Å². The van der Waals surface area contributed by atoms with Gasteiger partial charge in [0, 0.05) is 0 Å². The number of hydrogen-bond acceptors (Lipinski definition) is 3. The average molecular weight is 788 g/mol. The van der Waals surface area contributed by atoms with Crippen molar-refractivity contribution in [2.75, 3.05) is 0 Å². The summed E-state index contributed by atoms with van der Waals surface area (Å²) in [6.07, 6.45) is 0. The summed E-state index contributed by atoms with van der Waals surface area (Å²) in [5, 5.41) is 4.69. The summed E-state index contributed by atoms with van der Waals surface area (Å²) in [6.45, 7) is 0. The molecule has 3 aromatic heterocycles. The molecule has 0 unspecified atom stereocenters. The standard InChI is InChI=1S/C52H33GeN3O/c1-5-17-34(18-6-1)50-49-51(55-52(54-50)35-19-7-2-8-20-35)41-30-29-38(31-44(41)53(49,36-21-9-3-10-22-36)37-23-11-4-12-24-37)56-45-27-15-13-25-39(45)42-32-43-40-26-14-16-28-47(40)57-48(43)33-46(42)56/h1-33H. The molecule has 0 saturated heterocycles. The fourth-order valence-corrected chi connectivity index (χ4v) is 20.5. The quantitative estimate of drug-likeness (QED) is 0.163. The van der Waals surface area contributed by atoms with E-state index in [9.17, 15) is 0 Å². The Hall–Kier alpha value is -7.02. The molecule has 1 aliphatic heterocycles. The summed E-state index contributed by atoms with van der Waals surface area (Å²) < 4.78 is 14.3. The third kappa shape index (κ3) is 4.68. The van der Waals surface area contributed by atoms with E-state index in [0.29, 0.717) is 0 Å². The molecule has 12 rings (SSSR count). The second-order valence-electron chi connectivity index (χ2n) is 14.9. The Morgan fingerprint density at radius 2 is 1.02 bits per heavy atom. The van der Waals surface area contributed by atoms with E-state index in [4.69, 9.17) is 14.4 Å². The van der Waals surface area contributed by atoms with Gasteiger partial charge < -0.3 is 0 Å². The van der Waals surface area contributed by atoms with Gasteiger partial charge in [-0.3, -0.25) is 0 Å². The van der Waals surface area contributed by atoms with E-state index in [1.165, 1.54) is 33.9 Å². The van der Waals surface area contributed by atoms with Crippen LogP contribution in [0.2, 0.25) is 0 Å². The van der Waals surface area contributed by atoms with Crippen molar-refractivity contribution in [2.24, 2.45) is 0 Å². The first-order valence-electron chi connectivity index (χ1n) is 19.4. The van der Waals surface area contributed by atoms with Crippen LogP contribution in [0.5, 0.6) is 0 Å². The normalized spacial score (nSPS) is 13.1. The van der Waals surface area contributed by atoms with Gasteiger partial charge in [-0.25, -0.2) is 0 Å². The van der Waals surface area contributed by atoms with Crippen LogP contribution < -0.4 is 17.6 Å². The number of aromatic nitrogens is 3. The zero-order chi connectivity index (χ0) is 37.5. The van der Waals surface area contributed by atoms with Crippen LogP contribution in [-0.2, 0) is 0 Å². The van der Waals surface area contributed by atoms with E-state index in [1.807, 2.05) is 12.1 Å². The number of rotatable bonds is 5. The molecule has 0 aliphatic carbocycles. The third-order valence-corrected chi connectivity index (χ3v) is 22.0. The summed E-state index contributed by atoms with van der Waals surface area (Å²) in [7, 11) is 0. The molecule has 5 heteroatoms. The molecule has 0 bridgehead atoms. The molecule has 8 aromatic carbocycles. The van der Waals surface area contributed by atoms with Crippen molar-refractivity contribution in [1.29, 1.82) is 0 Å². The maximum atomic E-state index is 6.50. The van der Waals surface area contributed by atoms with Crippen molar-refractivity contribution >= 4 is 74.6 Å². The number of para-hydroxylation sites is 2. The molecule has 1 aliphatic rings. The number of benzene rings is 8. The van der Waals surface area contributed by atoms with E-state index in [2.05, 4.69) is 193 Å². The Balaban J connectivity index is 1.22. The molecular formula is C52H33GeN3O. The topological polar surface area (TPSA) is 43.9 Å². The fourth-order valence-electron chi connectivity index (χ4n) is 9.46. The Bertz CT molecular complexity index is 3300. The molecule has 4 nitrogen and oxygen atoms in total. The van der Waals surface area contributed by atoms with Crippen molar-refractivity contribution in [3.63, 3.8) is 0 Å². The maximum absolute atomic E-state index is 6.50. The average Bonchev–Trinajstić information content (AvgIpc) is 3.92. The molecule has 0 atom stereocenters. The predicted octanol–water partition coefficient (Wildman–Crippen LogP) is 10.2. The molecule has 57 heavy (non-hydrogen) atoms. The van der Waals surface area contributed by atoms with E-state index < -0.39 is 13.3 Å². The zero-order valence-electron chi connectivity index (χ0n) is 30.8. The minimum atomic E-state index is -3.90. The molecule has 0 saturated carbocycles. The first-order valence-corrected chi connectivity index (χ1v) is 23.6. The Morgan fingerprint density at radius 1 is 0.421 bits per heavy atom. The van der Waals surface area contributed by atoms with Crippen LogP contribution in [0.4, 0.5) is 0 Å². The predicted molar refractivity (Wildman–Crippen MR) is 237 cm³/mol. The SMILES string of the molecule is c1ccc(-c2nc(-c3ccccc3)[c]3c(n2)-c2ccc(-n4c5ccccc5c5cc6c(cc54)oc4ccccc46)c[c]2[Ge]3([c]2ccccc2)[c]2ccccc2)cc1. The molecule has 0 N–H and O–H groups in total. The molecule has 11 aromatic rings. The summed E-state index contributed by atoms with van der Waals surface area (Å²) in [6, 6.07) is 72.3. The second-order valence-corrected chi connectivity index (χ2v) is 22.6. The van der Waals surface area contributed by atoms with Gasteiger partial charge in [0.25, 0.3) is 0 Å². The summed E-state index contributed by atoms with van der Waals surface area (Å²) >= 11 is -3.90. The number of hydrogen-bond donors (Lipinski definition) is 0. The van der Waals surface area contributed by atoms with Crippen molar-refractivity contribution < 1.29 is 4.42 Å². The molecule has 0 spiro atoms. The van der Waals surface area contributed by atoms with Crippen LogP contribution in [-0.4, -0.2) is 27.8 Å². The van der Waals surface area contributed by atoms with Crippen molar-refractivity contribution in [1.82, 2.24) is 14.5 Å². The van der Waals surface area contributed by atoms with E-state index in [1.54, 1.807) is 0 Å². The molecule has 4 heterocycles. The minimum absolute atomic E-state index is 0.736. The van der Waals surface area contributed by atoms with Crippen molar-refractivity contribution in [3.8, 4) is 39.6 Å². The molecule has 0 fully saturated rings. The van der Waals surface area contributed by atoms with E-state index >= 15 is 0 Å². The summed E-state index contributed by atoms with van der Waals surface area (Å²) in [4.78, 5) is 11.1. The molecule has 0 amide bonds. The second kappa shape index (κ2) is 12.5. The van der Waals surface area contributed by atoms with Gasteiger partial charge in [0.15, 0.2) is 0 Å². The van der Waals surface area contributed by atoms with Crippen LogP contribution in [0.25, 0.3) is 83.3 Å². The number of nitrogens with zero attached hydrogens (tertiary/aromatic N) is 3. The zero-order valence-corrected chi connectivity index (χ0v) is 32.9. The van der Waals surface area contributed by atoms with Crippen LogP contribution in [0.3, 0.4) is 0 Å². The van der Waals surface area contributed by atoms with Gasteiger partial charge in [-0.1, -0.05) is 0 Å². The molecule has 266 valence electrons. The van der Waals surface area contributed by atoms with E-state index in [0.717, 1.165) is 67.0 Å². The number of fused-ring (bicyclic) bond motifs is 9. The van der Waals surface area contributed by atoms with Crippen molar-refractivity contribution in [2.45, 2.75) is 0 Å². The van der Waals surface area contributed by atoms with Crippen LogP contribution in [0, 0.1) is 0 Å². The summed E-state index contributed by atoms with van der Waals surface area (Å²) in [5.74, 6) is 0.736. The van der Waals surface area contributed by atoms with Gasteiger partial charge in [0.2, 0.25) is 0 Å². The van der Waals surface area contributed by atoms with Gasteiger partial charge in [-0.05, 0) is 0 Å². The Labute approximate surface area is 331 Å². The Morgan fingerprint density at radius 3 is 1.74 bits per heavy atom. The first-order chi connectivity index (χ1) is 28.3. The summed E-state index contributed by atoms with van der Waals surface area (Å²) in [5.41, 5.74) is 10.5. The molecular weight excluding hydrogens is 755 g/mol. The van der Waals surface area contributed by atoms with Crippen LogP contribution >= 0.6 is 0 Å². The van der Waals surface area contributed by atoms with Gasteiger partial charge >= 0.3 is 333 Å². The third-order valence-electron chi connectivity index (χ3n) is 11.9. The fraction of sp³-hybridized carbons (Fsp3) is 0. The first kappa shape index (κ1) is 32.2.